The second kappa shape index (κ2) is 4.90. The highest BCUT2D eigenvalue weighted by Gasteiger charge is 2.23. The third-order valence-corrected chi connectivity index (χ3v) is 3.68. The smallest absolute Gasteiger partial charge is 0.224 e. The van der Waals surface area contributed by atoms with Crippen LogP contribution in [0.3, 0.4) is 0 Å². The van der Waals surface area contributed by atoms with E-state index in [-0.39, 0.29) is 5.91 Å². The fourth-order valence-electron chi connectivity index (χ4n) is 2.61. The van der Waals surface area contributed by atoms with Crippen LogP contribution in [-0.4, -0.2) is 22.1 Å². The fraction of sp³-hybridized carbons (Fsp3) is 0.692. The van der Waals surface area contributed by atoms with Crippen LogP contribution in [-0.2, 0) is 11.2 Å². The molecule has 1 amide bonds. The zero-order valence-corrected chi connectivity index (χ0v) is 10.8. The molecule has 2 atom stereocenters. The molecule has 1 aliphatic carbocycles. The maximum atomic E-state index is 11.9. The van der Waals surface area contributed by atoms with Crippen LogP contribution in [0.5, 0.6) is 0 Å². The van der Waals surface area contributed by atoms with Crippen molar-refractivity contribution in [3.8, 4) is 0 Å². The Bertz CT molecular complexity index is 391. The van der Waals surface area contributed by atoms with Gasteiger partial charge in [0.05, 0.1) is 12.1 Å². The van der Waals surface area contributed by atoms with E-state index in [1.54, 1.807) is 0 Å². The summed E-state index contributed by atoms with van der Waals surface area (Å²) in [7, 11) is 0. The van der Waals surface area contributed by atoms with Crippen molar-refractivity contribution in [2.45, 2.75) is 52.5 Å². The zero-order chi connectivity index (χ0) is 12.4. The Hall–Kier alpha value is -1.32. The van der Waals surface area contributed by atoms with Gasteiger partial charge in [0.2, 0.25) is 5.91 Å². The van der Waals surface area contributed by atoms with Gasteiger partial charge >= 0.3 is 0 Å². The first kappa shape index (κ1) is 12.1. The highest BCUT2D eigenvalue weighted by atomic mass is 16.1. The van der Waals surface area contributed by atoms with Crippen molar-refractivity contribution in [3.05, 3.63) is 17.0 Å². The largest absolute Gasteiger partial charge is 0.353 e. The van der Waals surface area contributed by atoms with E-state index < -0.39 is 0 Å². The van der Waals surface area contributed by atoms with Crippen molar-refractivity contribution in [3.63, 3.8) is 0 Å². The minimum absolute atomic E-state index is 0.122. The summed E-state index contributed by atoms with van der Waals surface area (Å²) in [5, 5.41) is 10.1. The highest BCUT2D eigenvalue weighted by molar-refractivity contribution is 5.79. The van der Waals surface area contributed by atoms with Crippen LogP contribution in [0.1, 0.15) is 43.1 Å². The number of hydrogen-bond acceptors (Lipinski definition) is 2. The molecule has 0 aliphatic heterocycles. The normalized spacial score (nSPS) is 23.9. The van der Waals surface area contributed by atoms with Crippen molar-refractivity contribution in [1.29, 1.82) is 0 Å². The number of aryl methyl sites for hydroxylation is 2. The summed E-state index contributed by atoms with van der Waals surface area (Å²) in [6.45, 7) is 6.14. The second-order valence-electron chi connectivity index (χ2n) is 5.27. The van der Waals surface area contributed by atoms with E-state index >= 15 is 0 Å². The summed E-state index contributed by atoms with van der Waals surface area (Å²) in [5.74, 6) is 0.870. The van der Waals surface area contributed by atoms with E-state index in [2.05, 4.69) is 22.4 Å². The van der Waals surface area contributed by atoms with Crippen molar-refractivity contribution in [2.75, 3.05) is 0 Å². The molecule has 1 aromatic heterocycles. The number of hydrogen-bond donors (Lipinski definition) is 2. The summed E-state index contributed by atoms with van der Waals surface area (Å²) in [6.07, 6.45) is 3.92. The van der Waals surface area contributed by atoms with Crippen LogP contribution < -0.4 is 5.32 Å². The molecule has 94 valence electrons. The number of H-pyrrole nitrogens is 1. The summed E-state index contributed by atoms with van der Waals surface area (Å²) in [6, 6.07) is 0.380. The van der Waals surface area contributed by atoms with Crippen LogP contribution in [0.25, 0.3) is 0 Å². The van der Waals surface area contributed by atoms with Crippen molar-refractivity contribution in [2.24, 2.45) is 5.92 Å². The maximum Gasteiger partial charge on any atom is 0.224 e. The quantitative estimate of drug-likeness (QED) is 0.840. The molecular formula is C13H21N3O. The number of aromatic amines is 1. The molecule has 4 nitrogen and oxygen atoms in total. The lowest BCUT2D eigenvalue weighted by molar-refractivity contribution is -0.121. The van der Waals surface area contributed by atoms with Gasteiger partial charge in [0.1, 0.15) is 0 Å². The zero-order valence-electron chi connectivity index (χ0n) is 10.8. The van der Waals surface area contributed by atoms with Gasteiger partial charge in [0.15, 0.2) is 0 Å². The summed E-state index contributed by atoms with van der Waals surface area (Å²) in [4.78, 5) is 11.9. The van der Waals surface area contributed by atoms with E-state index in [1.165, 1.54) is 6.42 Å². The van der Waals surface area contributed by atoms with Gasteiger partial charge in [-0.1, -0.05) is 6.92 Å². The number of nitrogens with one attached hydrogen (secondary N) is 2. The first-order valence-electron chi connectivity index (χ1n) is 6.36. The van der Waals surface area contributed by atoms with E-state index in [0.29, 0.717) is 12.5 Å². The number of aromatic nitrogens is 2. The third-order valence-electron chi connectivity index (χ3n) is 3.68. The molecular weight excluding hydrogens is 214 g/mol. The van der Waals surface area contributed by atoms with Gasteiger partial charge in [-0.15, -0.1) is 0 Å². The first-order chi connectivity index (χ1) is 8.06. The lowest BCUT2D eigenvalue weighted by atomic mass is 10.1. The van der Waals surface area contributed by atoms with Crippen LogP contribution >= 0.6 is 0 Å². The molecule has 0 aromatic carbocycles. The Morgan fingerprint density at radius 1 is 1.47 bits per heavy atom. The summed E-state index contributed by atoms with van der Waals surface area (Å²) >= 11 is 0. The Balaban J connectivity index is 1.89. The Morgan fingerprint density at radius 3 is 2.76 bits per heavy atom. The summed E-state index contributed by atoms with van der Waals surface area (Å²) in [5.41, 5.74) is 2.96. The number of rotatable bonds is 3. The third kappa shape index (κ3) is 2.87. The van der Waals surface area contributed by atoms with Crippen LogP contribution in [0.4, 0.5) is 0 Å². The summed E-state index contributed by atoms with van der Waals surface area (Å²) < 4.78 is 0. The van der Waals surface area contributed by atoms with Gasteiger partial charge in [-0.25, -0.2) is 0 Å². The molecule has 1 aliphatic rings. The average Bonchev–Trinajstić information content (AvgIpc) is 2.79. The van der Waals surface area contributed by atoms with Crippen molar-refractivity contribution < 1.29 is 4.79 Å². The van der Waals surface area contributed by atoms with Crippen LogP contribution in [0.2, 0.25) is 0 Å². The lowest BCUT2D eigenvalue weighted by Crippen LogP contribution is -2.34. The van der Waals surface area contributed by atoms with Gasteiger partial charge in [-0.3, -0.25) is 9.89 Å². The van der Waals surface area contributed by atoms with Crippen molar-refractivity contribution >= 4 is 5.91 Å². The predicted octanol–water partition coefficient (Wildman–Crippen LogP) is 1.87. The second-order valence-corrected chi connectivity index (χ2v) is 5.27. The van der Waals surface area contributed by atoms with Crippen LogP contribution in [0.15, 0.2) is 0 Å². The highest BCUT2D eigenvalue weighted by Crippen LogP contribution is 2.24. The van der Waals surface area contributed by atoms with Crippen molar-refractivity contribution in [1.82, 2.24) is 15.5 Å². The molecule has 1 aromatic rings. The van der Waals surface area contributed by atoms with Gasteiger partial charge in [0.25, 0.3) is 0 Å². The maximum absolute atomic E-state index is 11.9. The molecule has 2 N–H and O–H groups in total. The minimum atomic E-state index is 0.122. The first-order valence-corrected chi connectivity index (χ1v) is 6.36. The molecule has 17 heavy (non-hydrogen) atoms. The molecule has 2 unspecified atom stereocenters. The Kier molecular flexibility index (Phi) is 3.50. The van der Waals surface area contributed by atoms with E-state index in [9.17, 15) is 4.79 Å². The average molecular weight is 235 g/mol. The van der Waals surface area contributed by atoms with Gasteiger partial charge in [0, 0.05) is 17.3 Å². The van der Waals surface area contributed by atoms with Gasteiger partial charge in [-0.2, -0.15) is 5.10 Å². The number of amides is 1. The molecule has 1 heterocycles. The number of nitrogens with zero attached hydrogens (tertiary/aromatic N) is 1. The molecule has 0 radical (unpaired) electrons. The predicted molar refractivity (Wildman–Crippen MR) is 66.7 cm³/mol. The number of carbonyl (C=O) groups is 1. The Labute approximate surface area is 102 Å². The molecule has 2 rings (SSSR count). The fourth-order valence-corrected chi connectivity index (χ4v) is 2.61. The molecule has 0 saturated heterocycles. The topological polar surface area (TPSA) is 57.8 Å². The molecule has 1 fully saturated rings. The molecule has 0 spiro atoms. The molecule has 1 saturated carbocycles. The van der Waals surface area contributed by atoms with Gasteiger partial charge in [-0.05, 0) is 39.0 Å². The van der Waals surface area contributed by atoms with Crippen LogP contribution in [0, 0.1) is 19.8 Å². The number of carbonyl (C=O) groups excluding carboxylic acids is 1. The van der Waals surface area contributed by atoms with E-state index in [1.807, 2.05) is 13.8 Å². The Morgan fingerprint density at radius 2 is 2.24 bits per heavy atom. The van der Waals surface area contributed by atoms with E-state index in [0.717, 1.165) is 35.7 Å². The minimum Gasteiger partial charge on any atom is -0.353 e. The molecule has 4 heteroatoms. The molecule has 0 bridgehead atoms. The SMILES string of the molecule is Cc1n[nH]c(C)c1CC(=O)NC1CCC(C)C1. The lowest BCUT2D eigenvalue weighted by Gasteiger charge is -2.12. The van der Waals surface area contributed by atoms with E-state index in [4.69, 9.17) is 0 Å². The monoisotopic (exact) mass is 235 g/mol. The van der Waals surface area contributed by atoms with Gasteiger partial charge < -0.3 is 5.32 Å². The standard InChI is InChI=1S/C13H21N3O/c1-8-4-5-11(6-8)14-13(17)7-12-9(2)15-16-10(12)3/h8,11H,4-7H2,1-3H3,(H,14,17)(H,15,16).